The van der Waals surface area contributed by atoms with Crippen LogP contribution >= 0.6 is 15.9 Å². The van der Waals surface area contributed by atoms with Gasteiger partial charge in [0, 0.05) is 16.4 Å². The molecule has 4 heteroatoms. The van der Waals surface area contributed by atoms with Gasteiger partial charge in [0.25, 0.3) is 0 Å². The summed E-state index contributed by atoms with van der Waals surface area (Å²) >= 11 is 3.41. The van der Waals surface area contributed by atoms with Crippen LogP contribution in [0.3, 0.4) is 0 Å². The summed E-state index contributed by atoms with van der Waals surface area (Å²) in [5, 5.41) is 0. The van der Waals surface area contributed by atoms with Crippen LogP contribution in [-0.2, 0) is 4.74 Å². The van der Waals surface area contributed by atoms with Crippen LogP contribution in [0.1, 0.15) is 42.5 Å². The molecule has 2 saturated heterocycles. The molecule has 0 spiro atoms. The lowest BCUT2D eigenvalue weighted by Gasteiger charge is -2.44. The normalized spacial score (nSPS) is 26.1. The Hall–Kier alpha value is -0.870. The Bertz CT molecular complexity index is 503. The predicted octanol–water partition coefficient (Wildman–Crippen LogP) is 3.87. The standard InChI is InChI=1S/C17H22BrNO2/c18-15-8-2-1-7-14(15)17(20)21-12-13-6-5-11-19-10-4-3-9-16(13)19/h1-2,7-8,13,16H,3-6,9-12H2/t13-,16-/m1/s1. The first-order valence-electron chi connectivity index (χ1n) is 7.91. The average molecular weight is 352 g/mol. The van der Waals surface area contributed by atoms with Crippen molar-refractivity contribution >= 4 is 21.9 Å². The molecule has 1 aromatic carbocycles. The first-order chi connectivity index (χ1) is 10.3. The summed E-state index contributed by atoms with van der Waals surface area (Å²) in [5.74, 6) is 0.292. The van der Waals surface area contributed by atoms with E-state index in [9.17, 15) is 4.79 Å². The molecule has 2 heterocycles. The lowest BCUT2D eigenvalue weighted by Crippen LogP contribution is -2.49. The average Bonchev–Trinajstić information content (AvgIpc) is 2.53. The molecular weight excluding hydrogens is 330 g/mol. The zero-order valence-electron chi connectivity index (χ0n) is 12.3. The third-order valence-corrected chi connectivity index (χ3v) is 5.44. The fraction of sp³-hybridized carbons (Fsp3) is 0.588. The second kappa shape index (κ2) is 6.93. The highest BCUT2D eigenvalue weighted by atomic mass is 79.9. The van der Waals surface area contributed by atoms with E-state index in [0.29, 0.717) is 24.1 Å². The van der Waals surface area contributed by atoms with Crippen LogP contribution in [0, 0.1) is 5.92 Å². The highest BCUT2D eigenvalue weighted by Crippen LogP contribution is 2.31. The van der Waals surface area contributed by atoms with Gasteiger partial charge in [-0.05, 0) is 66.8 Å². The molecule has 0 amide bonds. The van der Waals surface area contributed by atoms with Gasteiger partial charge in [0.15, 0.2) is 0 Å². The van der Waals surface area contributed by atoms with Crippen molar-refractivity contribution in [3.8, 4) is 0 Å². The van der Waals surface area contributed by atoms with Crippen LogP contribution in [0.15, 0.2) is 28.7 Å². The van der Waals surface area contributed by atoms with Crippen LogP contribution in [0.2, 0.25) is 0 Å². The topological polar surface area (TPSA) is 29.5 Å². The third kappa shape index (κ3) is 3.49. The van der Waals surface area contributed by atoms with E-state index in [0.717, 1.165) is 4.47 Å². The molecule has 114 valence electrons. The largest absolute Gasteiger partial charge is 0.462 e. The number of rotatable bonds is 3. The van der Waals surface area contributed by atoms with Crippen molar-refractivity contribution in [1.82, 2.24) is 4.90 Å². The van der Waals surface area contributed by atoms with Gasteiger partial charge >= 0.3 is 5.97 Å². The second-order valence-corrected chi connectivity index (χ2v) is 6.93. The molecule has 0 aromatic heterocycles. The van der Waals surface area contributed by atoms with Gasteiger partial charge in [-0.15, -0.1) is 0 Å². The number of halogens is 1. The van der Waals surface area contributed by atoms with Crippen molar-refractivity contribution in [2.75, 3.05) is 19.7 Å². The van der Waals surface area contributed by atoms with E-state index in [2.05, 4.69) is 20.8 Å². The number of ether oxygens (including phenoxy) is 1. The van der Waals surface area contributed by atoms with Crippen LogP contribution in [0.5, 0.6) is 0 Å². The first-order valence-corrected chi connectivity index (χ1v) is 8.70. The molecule has 2 atom stereocenters. The minimum atomic E-state index is -0.213. The van der Waals surface area contributed by atoms with Gasteiger partial charge in [0.1, 0.15) is 0 Å². The van der Waals surface area contributed by atoms with Crippen LogP contribution < -0.4 is 0 Å². The summed E-state index contributed by atoms with van der Waals surface area (Å²) < 4.78 is 6.41. The molecule has 2 fully saturated rings. The van der Waals surface area contributed by atoms with Crippen molar-refractivity contribution in [1.29, 1.82) is 0 Å². The number of carbonyl (C=O) groups is 1. The number of fused-ring (bicyclic) bond motifs is 1. The van der Waals surface area contributed by atoms with Gasteiger partial charge in [-0.3, -0.25) is 4.90 Å². The van der Waals surface area contributed by atoms with Crippen LogP contribution in [0.25, 0.3) is 0 Å². The van der Waals surface area contributed by atoms with Gasteiger partial charge in [0.05, 0.1) is 12.2 Å². The molecule has 21 heavy (non-hydrogen) atoms. The fourth-order valence-corrected chi connectivity index (χ4v) is 4.11. The molecule has 0 radical (unpaired) electrons. The summed E-state index contributed by atoms with van der Waals surface area (Å²) in [7, 11) is 0. The number of carbonyl (C=O) groups excluding carboxylic acids is 1. The fourth-order valence-electron chi connectivity index (χ4n) is 3.66. The van der Waals surface area contributed by atoms with E-state index in [1.54, 1.807) is 6.07 Å². The molecule has 0 unspecified atom stereocenters. The molecule has 1 aromatic rings. The maximum Gasteiger partial charge on any atom is 0.339 e. The molecule has 0 saturated carbocycles. The Balaban J connectivity index is 1.59. The highest BCUT2D eigenvalue weighted by Gasteiger charge is 2.33. The third-order valence-electron chi connectivity index (χ3n) is 4.75. The molecule has 3 rings (SSSR count). The van der Waals surface area contributed by atoms with E-state index in [4.69, 9.17) is 4.74 Å². The zero-order valence-corrected chi connectivity index (χ0v) is 13.8. The zero-order chi connectivity index (χ0) is 14.7. The van der Waals surface area contributed by atoms with Crippen molar-refractivity contribution < 1.29 is 9.53 Å². The summed E-state index contributed by atoms with van der Waals surface area (Å²) in [4.78, 5) is 14.8. The summed E-state index contributed by atoms with van der Waals surface area (Å²) in [6, 6.07) is 8.08. The second-order valence-electron chi connectivity index (χ2n) is 6.08. The van der Waals surface area contributed by atoms with Crippen molar-refractivity contribution in [3.63, 3.8) is 0 Å². The molecular formula is C17H22BrNO2. The van der Waals surface area contributed by atoms with Gasteiger partial charge in [-0.25, -0.2) is 4.79 Å². The molecule has 0 N–H and O–H groups in total. The van der Waals surface area contributed by atoms with E-state index >= 15 is 0 Å². The minimum Gasteiger partial charge on any atom is -0.462 e. The molecule has 0 aliphatic carbocycles. The molecule has 2 aliphatic heterocycles. The smallest absolute Gasteiger partial charge is 0.339 e. The Labute approximate surface area is 134 Å². The van der Waals surface area contributed by atoms with Crippen LogP contribution in [-0.4, -0.2) is 36.6 Å². The molecule has 3 nitrogen and oxygen atoms in total. The van der Waals surface area contributed by atoms with Gasteiger partial charge in [-0.1, -0.05) is 18.6 Å². The quantitative estimate of drug-likeness (QED) is 0.774. The van der Waals surface area contributed by atoms with Gasteiger partial charge < -0.3 is 4.74 Å². The van der Waals surface area contributed by atoms with E-state index < -0.39 is 0 Å². The molecule has 0 bridgehead atoms. The van der Waals surface area contributed by atoms with Gasteiger partial charge in [0.2, 0.25) is 0 Å². The minimum absolute atomic E-state index is 0.213. The number of hydrogen-bond donors (Lipinski definition) is 0. The number of piperidine rings is 2. The maximum atomic E-state index is 12.2. The summed E-state index contributed by atoms with van der Waals surface area (Å²) in [6.45, 7) is 3.00. The lowest BCUT2D eigenvalue weighted by atomic mass is 9.84. The highest BCUT2D eigenvalue weighted by molar-refractivity contribution is 9.10. The SMILES string of the molecule is O=C(OC[C@H]1CCCN2CCCC[C@H]12)c1ccccc1Br. The van der Waals surface area contributed by atoms with Crippen molar-refractivity contribution in [3.05, 3.63) is 34.3 Å². The maximum absolute atomic E-state index is 12.2. The Morgan fingerprint density at radius 3 is 2.86 bits per heavy atom. The van der Waals surface area contributed by atoms with E-state index in [1.165, 1.54) is 45.2 Å². The van der Waals surface area contributed by atoms with Crippen molar-refractivity contribution in [2.45, 2.75) is 38.1 Å². The first kappa shape index (κ1) is 15.0. The van der Waals surface area contributed by atoms with E-state index in [-0.39, 0.29) is 5.97 Å². The number of hydrogen-bond acceptors (Lipinski definition) is 3. The van der Waals surface area contributed by atoms with E-state index in [1.807, 2.05) is 18.2 Å². The monoisotopic (exact) mass is 351 g/mol. The Morgan fingerprint density at radius 1 is 1.19 bits per heavy atom. The lowest BCUT2D eigenvalue weighted by molar-refractivity contribution is 0.00733. The Morgan fingerprint density at radius 2 is 2.00 bits per heavy atom. The number of esters is 1. The summed E-state index contributed by atoms with van der Waals surface area (Å²) in [6.07, 6.45) is 6.31. The Kier molecular flexibility index (Phi) is 4.96. The molecule has 2 aliphatic rings. The number of nitrogens with zero attached hydrogens (tertiary/aromatic N) is 1. The van der Waals surface area contributed by atoms with Gasteiger partial charge in [-0.2, -0.15) is 0 Å². The summed E-state index contributed by atoms with van der Waals surface area (Å²) in [5.41, 5.74) is 0.619. The number of benzene rings is 1. The predicted molar refractivity (Wildman–Crippen MR) is 86.4 cm³/mol. The van der Waals surface area contributed by atoms with Crippen LogP contribution in [0.4, 0.5) is 0 Å². The van der Waals surface area contributed by atoms with Crippen molar-refractivity contribution in [2.24, 2.45) is 5.92 Å².